The molecule has 0 fully saturated rings. The maximum Gasteiger partial charge on any atom is 0.451 e. The molecule has 18 heavy (non-hydrogen) atoms. The molecular weight excluding hydrogens is 249 g/mol. The minimum Gasteiger partial charge on any atom is -0.315 e. The van der Waals surface area contributed by atoms with Crippen LogP contribution in [-0.4, -0.2) is 38.8 Å². The van der Waals surface area contributed by atoms with Gasteiger partial charge in [0.25, 0.3) is 0 Å². The Bertz CT molecular complexity index is 474. The summed E-state index contributed by atoms with van der Waals surface area (Å²) in [5, 5.41) is 15.3. The molecule has 98 valence electrons. The fourth-order valence-electron chi connectivity index (χ4n) is 1.89. The molecule has 0 amide bonds. The van der Waals surface area contributed by atoms with Crippen LogP contribution in [0, 0.1) is 11.3 Å². The van der Waals surface area contributed by atoms with Crippen molar-refractivity contribution in [1.29, 1.82) is 5.26 Å². The van der Waals surface area contributed by atoms with Crippen molar-refractivity contribution in [2.45, 2.75) is 25.3 Å². The maximum absolute atomic E-state index is 12.6. The fraction of sp³-hybridized carbons (Fsp3) is 0.667. The van der Waals surface area contributed by atoms with E-state index in [2.05, 4.69) is 10.2 Å². The van der Waals surface area contributed by atoms with Gasteiger partial charge in [0, 0.05) is 19.6 Å². The van der Waals surface area contributed by atoms with Crippen molar-refractivity contribution in [3.63, 3.8) is 0 Å². The molecule has 2 N–H and O–H groups in total. The van der Waals surface area contributed by atoms with Gasteiger partial charge >= 0.3 is 6.18 Å². The van der Waals surface area contributed by atoms with E-state index < -0.39 is 18.0 Å². The van der Waals surface area contributed by atoms with Crippen LogP contribution in [0.5, 0.6) is 0 Å². The summed E-state index contributed by atoms with van der Waals surface area (Å²) in [7, 11) is 0. The molecule has 0 aliphatic carbocycles. The van der Waals surface area contributed by atoms with Crippen LogP contribution in [0.4, 0.5) is 13.2 Å². The third-order valence-corrected chi connectivity index (χ3v) is 2.71. The van der Waals surface area contributed by atoms with E-state index in [9.17, 15) is 13.2 Å². The molecule has 0 saturated carbocycles. The van der Waals surface area contributed by atoms with Crippen molar-refractivity contribution in [3.8, 4) is 6.07 Å². The van der Waals surface area contributed by atoms with Crippen LogP contribution in [0.2, 0.25) is 0 Å². The first kappa shape index (κ1) is 12.8. The van der Waals surface area contributed by atoms with Crippen LogP contribution in [0.3, 0.4) is 0 Å². The predicted octanol–water partition coefficient (Wildman–Crippen LogP) is -0.0366. The standard InChI is InChI=1S/C9H11F3N6/c10-9(11,12)8-16-15-7-5-17(1-2-18(7)8)4-6(14)3-13/h6H,1-2,4-5,14H2. The summed E-state index contributed by atoms with van der Waals surface area (Å²) in [5.41, 5.74) is 5.47. The first-order valence-corrected chi connectivity index (χ1v) is 5.28. The van der Waals surface area contributed by atoms with E-state index in [0.29, 0.717) is 13.1 Å². The van der Waals surface area contributed by atoms with Gasteiger partial charge in [-0.15, -0.1) is 10.2 Å². The quantitative estimate of drug-likeness (QED) is 0.806. The van der Waals surface area contributed by atoms with Crippen LogP contribution in [0.1, 0.15) is 11.6 Å². The number of nitrogens with zero attached hydrogens (tertiary/aromatic N) is 5. The van der Waals surface area contributed by atoms with Crippen molar-refractivity contribution < 1.29 is 13.2 Å². The van der Waals surface area contributed by atoms with E-state index >= 15 is 0 Å². The molecule has 1 atom stereocenters. The molecule has 1 aliphatic heterocycles. The summed E-state index contributed by atoms with van der Waals surface area (Å²) in [4.78, 5) is 1.79. The average molecular weight is 260 g/mol. The lowest BCUT2D eigenvalue weighted by atomic mass is 10.2. The Kier molecular flexibility index (Phi) is 3.23. The molecule has 1 aliphatic rings. The van der Waals surface area contributed by atoms with E-state index in [1.165, 1.54) is 0 Å². The number of nitriles is 1. The Labute approximate surface area is 101 Å². The maximum atomic E-state index is 12.6. The lowest BCUT2D eigenvalue weighted by Gasteiger charge is -2.28. The SMILES string of the molecule is N#CC(N)CN1CCn2c(nnc2C(F)(F)F)C1. The number of alkyl halides is 3. The number of nitrogens with two attached hydrogens (primary N) is 1. The van der Waals surface area contributed by atoms with Gasteiger partial charge in [-0.05, 0) is 0 Å². The number of rotatable bonds is 2. The third kappa shape index (κ3) is 2.44. The molecule has 0 bridgehead atoms. The Morgan fingerprint density at radius 1 is 1.39 bits per heavy atom. The molecule has 0 saturated heterocycles. The van der Waals surface area contributed by atoms with E-state index in [0.717, 1.165) is 4.57 Å². The molecule has 9 heteroatoms. The predicted molar refractivity (Wildman–Crippen MR) is 53.9 cm³/mol. The first-order valence-electron chi connectivity index (χ1n) is 5.28. The Morgan fingerprint density at radius 3 is 2.72 bits per heavy atom. The highest BCUT2D eigenvalue weighted by Crippen LogP contribution is 2.29. The molecule has 2 heterocycles. The minimum atomic E-state index is -4.49. The highest BCUT2D eigenvalue weighted by molar-refractivity contribution is 5.03. The topological polar surface area (TPSA) is 83.8 Å². The molecule has 1 unspecified atom stereocenters. The lowest BCUT2D eigenvalue weighted by Crippen LogP contribution is -2.41. The lowest BCUT2D eigenvalue weighted by molar-refractivity contribution is -0.148. The smallest absolute Gasteiger partial charge is 0.315 e. The van der Waals surface area contributed by atoms with Gasteiger partial charge in [0.1, 0.15) is 11.9 Å². The van der Waals surface area contributed by atoms with Crippen LogP contribution < -0.4 is 5.73 Å². The summed E-state index contributed by atoms with van der Waals surface area (Å²) in [6.07, 6.45) is -4.49. The summed E-state index contributed by atoms with van der Waals surface area (Å²) in [6.45, 7) is 1.07. The summed E-state index contributed by atoms with van der Waals surface area (Å²) >= 11 is 0. The molecule has 2 rings (SSSR count). The second-order valence-electron chi connectivity index (χ2n) is 4.06. The second kappa shape index (κ2) is 4.55. The highest BCUT2D eigenvalue weighted by atomic mass is 19.4. The third-order valence-electron chi connectivity index (χ3n) is 2.71. The van der Waals surface area contributed by atoms with Crippen LogP contribution >= 0.6 is 0 Å². The summed E-state index contributed by atoms with van der Waals surface area (Å²) < 4.78 is 38.8. The fourth-order valence-corrected chi connectivity index (χ4v) is 1.89. The number of aromatic nitrogens is 3. The Morgan fingerprint density at radius 2 is 2.11 bits per heavy atom. The van der Waals surface area contributed by atoms with Gasteiger partial charge in [0.2, 0.25) is 5.82 Å². The second-order valence-corrected chi connectivity index (χ2v) is 4.06. The van der Waals surface area contributed by atoms with Gasteiger partial charge in [-0.3, -0.25) is 4.90 Å². The monoisotopic (exact) mass is 260 g/mol. The zero-order chi connectivity index (χ0) is 13.3. The Balaban J connectivity index is 2.13. The number of fused-ring (bicyclic) bond motifs is 1. The van der Waals surface area contributed by atoms with Crippen molar-refractivity contribution in [1.82, 2.24) is 19.7 Å². The number of halogens is 3. The average Bonchev–Trinajstić information content (AvgIpc) is 2.71. The van der Waals surface area contributed by atoms with Crippen LogP contribution in [0.15, 0.2) is 0 Å². The summed E-state index contributed by atoms with van der Waals surface area (Å²) in [6, 6.07) is 1.23. The van der Waals surface area contributed by atoms with Gasteiger partial charge in [-0.25, -0.2) is 0 Å². The van der Waals surface area contributed by atoms with Gasteiger partial charge in [-0.2, -0.15) is 18.4 Å². The Hall–Kier alpha value is -1.66. The van der Waals surface area contributed by atoms with Gasteiger partial charge in [-0.1, -0.05) is 0 Å². The van der Waals surface area contributed by atoms with Gasteiger partial charge in [0.05, 0.1) is 12.6 Å². The normalized spacial score (nSPS) is 18.2. The summed E-state index contributed by atoms with van der Waals surface area (Å²) in [5.74, 6) is -0.722. The van der Waals surface area contributed by atoms with Gasteiger partial charge < -0.3 is 10.3 Å². The van der Waals surface area contributed by atoms with Crippen molar-refractivity contribution >= 4 is 0 Å². The zero-order valence-corrected chi connectivity index (χ0v) is 9.35. The molecule has 0 spiro atoms. The molecule has 0 radical (unpaired) electrons. The zero-order valence-electron chi connectivity index (χ0n) is 9.35. The van der Waals surface area contributed by atoms with Crippen molar-refractivity contribution in [2.24, 2.45) is 5.73 Å². The largest absolute Gasteiger partial charge is 0.451 e. The van der Waals surface area contributed by atoms with Crippen LogP contribution in [-0.2, 0) is 19.3 Å². The van der Waals surface area contributed by atoms with E-state index in [4.69, 9.17) is 11.0 Å². The van der Waals surface area contributed by atoms with Crippen molar-refractivity contribution in [3.05, 3.63) is 11.6 Å². The number of hydrogen-bond acceptors (Lipinski definition) is 5. The van der Waals surface area contributed by atoms with E-state index in [1.807, 2.05) is 6.07 Å². The first-order chi connectivity index (χ1) is 8.41. The van der Waals surface area contributed by atoms with Crippen molar-refractivity contribution in [2.75, 3.05) is 13.1 Å². The molecule has 6 nitrogen and oxygen atoms in total. The van der Waals surface area contributed by atoms with Gasteiger partial charge in [0.15, 0.2) is 0 Å². The molecule has 1 aromatic rings. The molecule has 0 aromatic carbocycles. The van der Waals surface area contributed by atoms with E-state index in [-0.39, 0.29) is 18.9 Å². The minimum absolute atomic E-state index is 0.148. The number of hydrogen-bond donors (Lipinski definition) is 1. The molecule has 1 aromatic heterocycles. The van der Waals surface area contributed by atoms with Crippen LogP contribution in [0.25, 0.3) is 0 Å². The van der Waals surface area contributed by atoms with E-state index in [1.54, 1.807) is 4.90 Å². The highest BCUT2D eigenvalue weighted by Gasteiger charge is 2.39. The molecular formula is C9H11F3N6.